The highest BCUT2D eigenvalue weighted by Crippen LogP contribution is 2.36. The van der Waals surface area contributed by atoms with Gasteiger partial charge in [0.05, 0.1) is 23.1 Å². The lowest BCUT2D eigenvalue weighted by Crippen LogP contribution is -2.36. The van der Waals surface area contributed by atoms with Gasteiger partial charge in [-0.15, -0.1) is 0 Å². The molecular formula is C21H19F4N3S. The van der Waals surface area contributed by atoms with Crippen LogP contribution >= 0.6 is 11.9 Å². The lowest BCUT2D eigenvalue weighted by molar-refractivity contribution is 0.00833. The molecule has 2 heterocycles. The molecule has 1 unspecified atom stereocenters. The first-order valence-electron chi connectivity index (χ1n) is 9.39. The van der Waals surface area contributed by atoms with Crippen molar-refractivity contribution < 1.29 is 17.6 Å². The van der Waals surface area contributed by atoms with Gasteiger partial charge in [-0.05, 0) is 48.2 Å². The molecule has 3 nitrogen and oxygen atoms in total. The molecule has 0 spiro atoms. The van der Waals surface area contributed by atoms with Crippen molar-refractivity contribution in [1.29, 1.82) is 5.26 Å². The van der Waals surface area contributed by atoms with Gasteiger partial charge in [-0.2, -0.15) is 5.26 Å². The first-order valence-corrected chi connectivity index (χ1v) is 10.2. The molecule has 8 heteroatoms. The van der Waals surface area contributed by atoms with Gasteiger partial charge in [0.1, 0.15) is 11.6 Å². The summed E-state index contributed by atoms with van der Waals surface area (Å²) in [6.07, 6.45) is 0.615. The van der Waals surface area contributed by atoms with E-state index >= 15 is 0 Å². The van der Waals surface area contributed by atoms with Gasteiger partial charge in [0, 0.05) is 37.7 Å². The lowest BCUT2D eigenvalue weighted by atomic mass is 10.0. The van der Waals surface area contributed by atoms with Crippen molar-refractivity contribution in [3.8, 4) is 17.2 Å². The third-order valence-corrected chi connectivity index (χ3v) is 6.52. The van der Waals surface area contributed by atoms with Gasteiger partial charge < -0.3 is 0 Å². The van der Waals surface area contributed by atoms with Crippen LogP contribution < -0.4 is 0 Å². The van der Waals surface area contributed by atoms with Crippen LogP contribution in [0.15, 0.2) is 41.3 Å². The molecule has 0 aliphatic carbocycles. The summed E-state index contributed by atoms with van der Waals surface area (Å²) >= 11 is 1.13. The molecule has 0 aromatic heterocycles. The van der Waals surface area contributed by atoms with E-state index in [-0.39, 0.29) is 29.5 Å². The molecule has 29 heavy (non-hydrogen) atoms. The summed E-state index contributed by atoms with van der Waals surface area (Å²) < 4.78 is 58.0. The van der Waals surface area contributed by atoms with Crippen molar-refractivity contribution in [2.24, 2.45) is 0 Å². The molecule has 4 rings (SSSR count). The molecule has 2 aliphatic heterocycles. The Morgan fingerprint density at radius 1 is 1.07 bits per heavy atom. The number of rotatable bonds is 4. The lowest BCUT2D eigenvalue weighted by Gasteiger charge is -2.23. The maximum Gasteiger partial charge on any atom is 0.261 e. The monoisotopic (exact) mass is 421 g/mol. The topological polar surface area (TPSA) is 30.3 Å². The second-order valence-corrected chi connectivity index (χ2v) is 8.59. The van der Waals surface area contributed by atoms with Gasteiger partial charge in [-0.3, -0.25) is 4.90 Å². The number of nitriles is 1. The highest BCUT2D eigenvalue weighted by atomic mass is 32.2. The van der Waals surface area contributed by atoms with E-state index in [9.17, 15) is 17.6 Å². The van der Waals surface area contributed by atoms with Gasteiger partial charge in [0.2, 0.25) is 0 Å². The fourth-order valence-corrected chi connectivity index (χ4v) is 4.87. The summed E-state index contributed by atoms with van der Waals surface area (Å²) in [7, 11) is 0. The van der Waals surface area contributed by atoms with E-state index in [1.54, 1.807) is 29.2 Å². The average molecular weight is 421 g/mol. The summed E-state index contributed by atoms with van der Waals surface area (Å²) in [4.78, 5) is 1.97. The van der Waals surface area contributed by atoms with Gasteiger partial charge in [0.25, 0.3) is 5.92 Å². The fraction of sp³-hybridized carbons (Fsp3) is 0.381. The molecule has 0 bridgehead atoms. The standard InChI is InChI=1S/C21H19F4N3S/c22-18-10-20(19(23)9-17(18)15-3-1-14(11-26)2-4-15)29-28-7-5-16(12-28)27-8-6-21(24,25)13-27/h1-4,9-10,16H,5-8,12-13H2. The van der Waals surface area contributed by atoms with Crippen molar-refractivity contribution in [2.75, 3.05) is 26.2 Å². The van der Waals surface area contributed by atoms with E-state index in [0.717, 1.165) is 24.4 Å². The van der Waals surface area contributed by atoms with Crippen LogP contribution in [0.4, 0.5) is 17.6 Å². The van der Waals surface area contributed by atoms with Crippen LogP contribution in [-0.2, 0) is 0 Å². The van der Waals surface area contributed by atoms with Gasteiger partial charge in [-0.25, -0.2) is 21.9 Å². The predicted molar refractivity (Wildman–Crippen MR) is 103 cm³/mol. The second-order valence-electron chi connectivity index (χ2n) is 7.45. The fourth-order valence-electron chi connectivity index (χ4n) is 3.85. The maximum atomic E-state index is 14.6. The summed E-state index contributed by atoms with van der Waals surface area (Å²) in [6.45, 7) is 1.33. The number of likely N-dealkylation sites (tertiary alicyclic amines) is 1. The Balaban J connectivity index is 1.44. The molecule has 152 valence electrons. The normalized spacial score (nSPS) is 22.1. The SMILES string of the molecule is N#Cc1ccc(-c2cc(F)c(SN3CCC(N4CCC(F)(F)C4)C3)cc2F)cc1. The third-order valence-electron chi connectivity index (χ3n) is 5.42. The zero-order valence-electron chi connectivity index (χ0n) is 15.5. The Morgan fingerprint density at radius 2 is 1.83 bits per heavy atom. The zero-order chi connectivity index (χ0) is 20.6. The smallest absolute Gasteiger partial charge is 0.261 e. The molecule has 2 fully saturated rings. The number of hydrogen-bond acceptors (Lipinski definition) is 4. The minimum atomic E-state index is -2.63. The quantitative estimate of drug-likeness (QED) is 0.518. The third kappa shape index (κ3) is 4.42. The Bertz CT molecular complexity index is 942. The molecule has 0 N–H and O–H groups in total. The predicted octanol–water partition coefficient (Wildman–Crippen LogP) is 4.93. The molecule has 1 atom stereocenters. The van der Waals surface area contributed by atoms with Crippen LogP contribution in [0, 0.1) is 23.0 Å². The molecule has 0 amide bonds. The van der Waals surface area contributed by atoms with E-state index in [0.29, 0.717) is 30.8 Å². The van der Waals surface area contributed by atoms with E-state index in [1.807, 2.05) is 10.4 Å². The number of benzene rings is 2. The average Bonchev–Trinajstić information content (AvgIpc) is 3.30. The van der Waals surface area contributed by atoms with Crippen LogP contribution in [0.25, 0.3) is 11.1 Å². The van der Waals surface area contributed by atoms with Crippen molar-refractivity contribution in [3.05, 3.63) is 53.6 Å². The molecule has 0 radical (unpaired) electrons. The number of hydrogen-bond donors (Lipinski definition) is 0. The van der Waals surface area contributed by atoms with Gasteiger partial charge >= 0.3 is 0 Å². The van der Waals surface area contributed by atoms with Gasteiger partial charge in [0.15, 0.2) is 0 Å². The Kier molecular flexibility index (Phi) is 5.56. The van der Waals surface area contributed by atoms with Crippen molar-refractivity contribution in [2.45, 2.75) is 29.7 Å². The Hall–Kier alpha value is -2.08. The minimum Gasteiger partial charge on any atom is -0.293 e. The van der Waals surface area contributed by atoms with Crippen LogP contribution in [0.2, 0.25) is 0 Å². The largest absolute Gasteiger partial charge is 0.293 e. The molecule has 2 saturated heterocycles. The first-order chi connectivity index (χ1) is 13.8. The Morgan fingerprint density at radius 3 is 2.48 bits per heavy atom. The van der Waals surface area contributed by atoms with Crippen molar-refractivity contribution in [1.82, 2.24) is 9.21 Å². The van der Waals surface area contributed by atoms with E-state index in [2.05, 4.69) is 0 Å². The second kappa shape index (κ2) is 7.98. The maximum absolute atomic E-state index is 14.6. The molecule has 0 saturated carbocycles. The molecule has 2 aromatic carbocycles. The first kappa shape index (κ1) is 20.2. The summed E-state index contributed by atoms with van der Waals surface area (Å²) in [5.41, 5.74) is 1.07. The van der Waals surface area contributed by atoms with Crippen molar-refractivity contribution in [3.63, 3.8) is 0 Å². The van der Waals surface area contributed by atoms with E-state index < -0.39 is 17.6 Å². The van der Waals surface area contributed by atoms with Crippen molar-refractivity contribution >= 4 is 11.9 Å². The summed E-state index contributed by atoms with van der Waals surface area (Å²) in [6, 6.07) is 10.6. The van der Waals surface area contributed by atoms with Gasteiger partial charge in [-0.1, -0.05) is 12.1 Å². The molecule has 2 aliphatic rings. The number of halogens is 4. The molecular weight excluding hydrogens is 402 g/mol. The highest BCUT2D eigenvalue weighted by Gasteiger charge is 2.42. The minimum absolute atomic E-state index is 0.0155. The number of nitrogens with zero attached hydrogens (tertiary/aromatic N) is 3. The highest BCUT2D eigenvalue weighted by molar-refractivity contribution is 7.97. The zero-order valence-corrected chi connectivity index (χ0v) is 16.4. The van der Waals surface area contributed by atoms with E-state index in [4.69, 9.17) is 5.26 Å². The molecule has 2 aromatic rings. The van der Waals surface area contributed by atoms with Crippen LogP contribution in [0.5, 0.6) is 0 Å². The van der Waals surface area contributed by atoms with Crippen LogP contribution in [0.1, 0.15) is 18.4 Å². The number of alkyl halides is 2. The van der Waals surface area contributed by atoms with Crippen LogP contribution in [0.3, 0.4) is 0 Å². The Labute approximate surface area is 171 Å². The summed E-state index contributed by atoms with van der Waals surface area (Å²) in [5, 5.41) is 8.85. The van der Waals surface area contributed by atoms with Crippen LogP contribution in [-0.4, -0.2) is 47.3 Å². The van der Waals surface area contributed by atoms with E-state index in [1.165, 1.54) is 6.07 Å². The summed E-state index contributed by atoms with van der Waals surface area (Å²) in [5.74, 6) is -3.71.